The molecule has 1 saturated heterocycles. The van der Waals surface area contributed by atoms with Gasteiger partial charge in [-0.15, -0.1) is 0 Å². The lowest BCUT2D eigenvalue weighted by molar-refractivity contribution is -0.127. The molecule has 1 aliphatic rings. The minimum atomic E-state index is -3.27. The van der Waals surface area contributed by atoms with E-state index < -0.39 is 21.5 Å². The summed E-state index contributed by atoms with van der Waals surface area (Å²) in [5.74, 6) is -0.690. The molecule has 0 aliphatic carbocycles. The summed E-state index contributed by atoms with van der Waals surface area (Å²) >= 11 is 0. The minimum absolute atomic E-state index is 0.0443. The van der Waals surface area contributed by atoms with E-state index in [1.165, 1.54) is 0 Å². The Bertz CT molecular complexity index is 419. The Labute approximate surface area is 114 Å². The van der Waals surface area contributed by atoms with Crippen molar-refractivity contribution in [2.24, 2.45) is 0 Å². The summed E-state index contributed by atoms with van der Waals surface area (Å²) in [6.07, 6.45) is 2.69. The second-order valence-corrected chi connectivity index (χ2v) is 6.96. The number of nitrogens with zero attached hydrogens (tertiary/aromatic N) is 1. The third-order valence-electron chi connectivity index (χ3n) is 2.96. The van der Waals surface area contributed by atoms with Crippen LogP contribution in [0.2, 0.25) is 0 Å². The first-order chi connectivity index (χ1) is 8.94. The molecule has 1 heterocycles. The fraction of sp³-hybridized carbons (Fsp3) is 0.833. The molecule has 0 aromatic rings. The van der Waals surface area contributed by atoms with Crippen LogP contribution < -0.4 is 5.32 Å². The van der Waals surface area contributed by atoms with Crippen LogP contribution in [-0.4, -0.2) is 56.3 Å². The number of sulfone groups is 1. The maximum absolute atomic E-state index is 11.4. The Morgan fingerprint density at radius 1 is 1.42 bits per heavy atom. The van der Waals surface area contributed by atoms with Crippen LogP contribution in [0.5, 0.6) is 0 Å². The Morgan fingerprint density at radius 2 is 2.16 bits per heavy atom. The van der Waals surface area contributed by atoms with E-state index in [1.54, 1.807) is 11.8 Å². The van der Waals surface area contributed by atoms with E-state index in [-0.39, 0.29) is 11.7 Å². The van der Waals surface area contributed by atoms with Crippen LogP contribution in [0.3, 0.4) is 0 Å². The molecular formula is C12H22N2O4S. The van der Waals surface area contributed by atoms with Gasteiger partial charge in [0.15, 0.2) is 9.84 Å². The minimum Gasteiger partial charge on any atom is -0.355 e. The predicted molar refractivity (Wildman–Crippen MR) is 72.4 cm³/mol. The monoisotopic (exact) mass is 290 g/mol. The first-order valence-electron chi connectivity index (χ1n) is 6.69. The standard InChI is InChI=1S/C12H22N2O4S/c1-2-9-19(17,18)10-11(15)13-6-4-8-14-7-3-5-12(14)16/h2-10H2,1H3,(H,13,15). The number of amides is 2. The molecule has 1 fully saturated rings. The number of carbonyl (C=O) groups is 2. The summed E-state index contributed by atoms with van der Waals surface area (Å²) in [6, 6.07) is 0. The van der Waals surface area contributed by atoms with Gasteiger partial charge in [-0.05, 0) is 19.3 Å². The summed E-state index contributed by atoms with van der Waals surface area (Å²) in [7, 11) is -3.27. The normalized spacial score (nSPS) is 15.8. The highest BCUT2D eigenvalue weighted by molar-refractivity contribution is 7.92. The van der Waals surface area contributed by atoms with Gasteiger partial charge in [0.1, 0.15) is 5.75 Å². The van der Waals surface area contributed by atoms with E-state index in [1.807, 2.05) is 0 Å². The molecule has 0 saturated carbocycles. The Kier molecular flexibility index (Phi) is 6.27. The maximum atomic E-state index is 11.4. The number of nitrogens with one attached hydrogen (secondary N) is 1. The first kappa shape index (κ1) is 15.9. The number of carbonyl (C=O) groups excluding carboxylic acids is 2. The molecule has 1 rings (SSSR count). The zero-order chi connectivity index (χ0) is 14.3. The van der Waals surface area contributed by atoms with Gasteiger partial charge < -0.3 is 10.2 Å². The molecule has 0 spiro atoms. The van der Waals surface area contributed by atoms with Crippen LogP contribution in [-0.2, 0) is 19.4 Å². The van der Waals surface area contributed by atoms with E-state index in [0.29, 0.717) is 32.4 Å². The first-order valence-corrected chi connectivity index (χ1v) is 8.51. The molecule has 0 atom stereocenters. The molecule has 0 radical (unpaired) electrons. The molecule has 6 nitrogen and oxygen atoms in total. The lowest BCUT2D eigenvalue weighted by atomic mass is 10.4. The highest BCUT2D eigenvalue weighted by Gasteiger charge is 2.19. The number of hydrogen-bond acceptors (Lipinski definition) is 4. The van der Waals surface area contributed by atoms with E-state index >= 15 is 0 Å². The van der Waals surface area contributed by atoms with Crippen molar-refractivity contribution < 1.29 is 18.0 Å². The molecular weight excluding hydrogens is 268 g/mol. The van der Waals surface area contributed by atoms with Crippen LogP contribution >= 0.6 is 0 Å². The predicted octanol–water partition coefficient (Wildman–Crippen LogP) is -0.0601. The highest BCUT2D eigenvalue weighted by atomic mass is 32.2. The third kappa shape index (κ3) is 6.04. The van der Waals surface area contributed by atoms with Gasteiger partial charge in [-0.3, -0.25) is 9.59 Å². The quantitative estimate of drug-likeness (QED) is 0.635. The zero-order valence-electron chi connectivity index (χ0n) is 11.4. The third-order valence-corrected chi connectivity index (χ3v) is 4.70. The average molecular weight is 290 g/mol. The highest BCUT2D eigenvalue weighted by Crippen LogP contribution is 2.09. The van der Waals surface area contributed by atoms with E-state index in [9.17, 15) is 18.0 Å². The van der Waals surface area contributed by atoms with Crippen molar-refractivity contribution in [1.29, 1.82) is 0 Å². The molecule has 1 N–H and O–H groups in total. The Hall–Kier alpha value is -1.11. The number of rotatable bonds is 8. The van der Waals surface area contributed by atoms with E-state index in [0.717, 1.165) is 13.0 Å². The van der Waals surface area contributed by atoms with Gasteiger partial charge in [0, 0.05) is 26.1 Å². The molecule has 7 heteroatoms. The van der Waals surface area contributed by atoms with Crippen LogP contribution in [0, 0.1) is 0 Å². The van der Waals surface area contributed by atoms with Crippen molar-refractivity contribution in [1.82, 2.24) is 10.2 Å². The maximum Gasteiger partial charge on any atom is 0.235 e. The Morgan fingerprint density at radius 3 is 2.74 bits per heavy atom. The molecule has 0 aromatic carbocycles. The molecule has 2 amide bonds. The van der Waals surface area contributed by atoms with Gasteiger partial charge in [-0.1, -0.05) is 6.92 Å². The molecule has 0 unspecified atom stereocenters. The van der Waals surface area contributed by atoms with Gasteiger partial charge >= 0.3 is 0 Å². The summed E-state index contributed by atoms with van der Waals surface area (Å²) in [5.41, 5.74) is 0. The van der Waals surface area contributed by atoms with Crippen molar-refractivity contribution in [2.45, 2.75) is 32.6 Å². The van der Waals surface area contributed by atoms with Crippen molar-refractivity contribution in [3.05, 3.63) is 0 Å². The van der Waals surface area contributed by atoms with Gasteiger partial charge in [-0.25, -0.2) is 8.42 Å². The Balaban J connectivity index is 2.15. The van der Waals surface area contributed by atoms with Crippen LogP contribution in [0.1, 0.15) is 32.6 Å². The largest absolute Gasteiger partial charge is 0.355 e. The van der Waals surface area contributed by atoms with Crippen molar-refractivity contribution >= 4 is 21.7 Å². The summed E-state index contributed by atoms with van der Waals surface area (Å²) in [6.45, 7) is 3.59. The molecule has 1 aliphatic heterocycles. The smallest absolute Gasteiger partial charge is 0.235 e. The fourth-order valence-corrected chi connectivity index (χ4v) is 3.34. The van der Waals surface area contributed by atoms with E-state index in [2.05, 4.69) is 5.32 Å². The van der Waals surface area contributed by atoms with Crippen LogP contribution in [0.25, 0.3) is 0 Å². The molecule has 0 bridgehead atoms. The lowest BCUT2D eigenvalue weighted by Gasteiger charge is -2.15. The van der Waals surface area contributed by atoms with E-state index in [4.69, 9.17) is 0 Å². The average Bonchev–Trinajstić information content (AvgIpc) is 2.69. The SMILES string of the molecule is CCCS(=O)(=O)CC(=O)NCCCN1CCCC1=O. The number of likely N-dealkylation sites (tertiary alicyclic amines) is 1. The van der Waals surface area contributed by atoms with Gasteiger partial charge in [-0.2, -0.15) is 0 Å². The fourth-order valence-electron chi connectivity index (χ4n) is 2.07. The lowest BCUT2D eigenvalue weighted by Crippen LogP contribution is -2.34. The van der Waals surface area contributed by atoms with Crippen molar-refractivity contribution in [3.63, 3.8) is 0 Å². The molecule has 19 heavy (non-hydrogen) atoms. The number of hydrogen-bond donors (Lipinski definition) is 1. The van der Waals surface area contributed by atoms with Crippen LogP contribution in [0.4, 0.5) is 0 Å². The van der Waals surface area contributed by atoms with Gasteiger partial charge in [0.25, 0.3) is 0 Å². The molecule has 110 valence electrons. The zero-order valence-corrected chi connectivity index (χ0v) is 12.2. The second kappa shape index (κ2) is 7.47. The topological polar surface area (TPSA) is 83.6 Å². The summed E-state index contributed by atoms with van der Waals surface area (Å²) in [4.78, 5) is 24.5. The van der Waals surface area contributed by atoms with Crippen LogP contribution in [0.15, 0.2) is 0 Å². The summed E-state index contributed by atoms with van der Waals surface area (Å²) in [5, 5.41) is 2.58. The van der Waals surface area contributed by atoms with Gasteiger partial charge in [0.2, 0.25) is 11.8 Å². The summed E-state index contributed by atoms with van der Waals surface area (Å²) < 4.78 is 22.8. The second-order valence-electron chi connectivity index (χ2n) is 4.78. The van der Waals surface area contributed by atoms with Gasteiger partial charge in [0.05, 0.1) is 5.75 Å². The van der Waals surface area contributed by atoms with Crippen molar-refractivity contribution in [3.8, 4) is 0 Å². The molecule has 0 aromatic heterocycles. The van der Waals surface area contributed by atoms with Crippen molar-refractivity contribution in [2.75, 3.05) is 31.1 Å².